The van der Waals surface area contributed by atoms with E-state index in [-0.39, 0.29) is 36.8 Å². The molecule has 0 aliphatic carbocycles. The summed E-state index contributed by atoms with van der Waals surface area (Å²) < 4.78 is 10.8. The SMILES string of the molecule is CCCCCCOc1ccc(-c2cnc(-c3ccc(C[C@H](NC(=O)c4ccc(C(C)(C)C)cc4)C(=O)NCCOCO)cc3)nc2)cc1. The lowest BCUT2D eigenvalue weighted by Crippen LogP contribution is -2.48. The highest BCUT2D eigenvalue weighted by atomic mass is 16.6. The largest absolute Gasteiger partial charge is 0.494 e. The van der Waals surface area contributed by atoms with Crippen molar-refractivity contribution in [3.8, 4) is 28.3 Å². The van der Waals surface area contributed by atoms with E-state index in [1.54, 1.807) is 24.5 Å². The number of hydrogen-bond acceptors (Lipinski definition) is 7. The standard InChI is InChI=1S/C39H48N4O5/c1-5-6-7-8-22-48-34-19-15-29(16-20-34)32-25-41-36(42-26-32)30-11-9-28(10-12-30)24-35(38(46)40-21-23-47-27-44)43-37(45)31-13-17-33(18-14-31)39(2,3)4/h9-20,25-26,35,44H,5-8,21-24,27H2,1-4H3,(H,40,46)(H,43,45)/t35-/m0/s1. The van der Waals surface area contributed by atoms with E-state index in [9.17, 15) is 9.59 Å². The summed E-state index contributed by atoms with van der Waals surface area (Å²) in [6.45, 7) is 9.20. The molecular formula is C39H48N4O5. The molecule has 0 saturated carbocycles. The summed E-state index contributed by atoms with van der Waals surface area (Å²) in [6.07, 6.45) is 8.58. The van der Waals surface area contributed by atoms with Gasteiger partial charge in [0.2, 0.25) is 5.91 Å². The minimum absolute atomic E-state index is 0.0394. The molecule has 0 aliphatic rings. The van der Waals surface area contributed by atoms with Gasteiger partial charge >= 0.3 is 0 Å². The van der Waals surface area contributed by atoms with Crippen molar-refractivity contribution in [2.24, 2.45) is 0 Å². The number of aromatic nitrogens is 2. The first-order valence-electron chi connectivity index (χ1n) is 16.7. The number of carbonyl (C=O) groups excluding carboxylic acids is 2. The Balaban J connectivity index is 1.39. The molecule has 48 heavy (non-hydrogen) atoms. The third-order valence-corrected chi connectivity index (χ3v) is 8.03. The van der Waals surface area contributed by atoms with E-state index in [2.05, 4.69) is 48.3 Å². The Labute approximate surface area is 284 Å². The van der Waals surface area contributed by atoms with Crippen molar-refractivity contribution in [3.05, 3.63) is 102 Å². The van der Waals surface area contributed by atoms with Crippen LogP contribution in [0.1, 0.15) is 74.9 Å². The van der Waals surface area contributed by atoms with Crippen LogP contribution in [0.25, 0.3) is 22.5 Å². The van der Waals surface area contributed by atoms with Gasteiger partial charge in [-0.05, 0) is 52.8 Å². The molecule has 9 heteroatoms. The Morgan fingerprint density at radius 2 is 1.48 bits per heavy atom. The maximum atomic E-state index is 13.2. The second kappa shape index (κ2) is 18.1. The fourth-order valence-corrected chi connectivity index (χ4v) is 5.12. The first-order chi connectivity index (χ1) is 23.2. The Kier molecular flexibility index (Phi) is 13.6. The van der Waals surface area contributed by atoms with Crippen LogP contribution in [-0.2, 0) is 21.4 Å². The molecule has 4 rings (SSSR count). The summed E-state index contributed by atoms with van der Waals surface area (Å²) in [5.74, 6) is 0.766. The van der Waals surface area contributed by atoms with E-state index < -0.39 is 12.8 Å². The van der Waals surface area contributed by atoms with Crippen LogP contribution in [-0.4, -0.2) is 59.5 Å². The summed E-state index contributed by atoms with van der Waals surface area (Å²) >= 11 is 0. The zero-order valence-electron chi connectivity index (χ0n) is 28.5. The summed E-state index contributed by atoms with van der Waals surface area (Å²) in [5, 5.41) is 14.5. The van der Waals surface area contributed by atoms with Crippen molar-refractivity contribution in [2.75, 3.05) is 26.6 Å². The topological polar surface area (TPSA) is 123 Å². The van der Waals surface area contributed by atoms with Crippen LogP contribution in [0.5, 0.6) is 5.75 Å². The van der Waals surface area contributed by atoms with Crippen molar-refractivity contribution >= 4 is 11.8 Å². The summed E-state index contributed by atoms with van der Waals surface area (Å²) in [4.78, 5) is 35.5. The first-order valence-corrected chi connectivity index (χ1v) is 16.7. The third kappa shape index (κ3) is 11.0. The molecule has 0 fully saturated rings. The molecule has 3 aromatic carbocycles. The molecule has 0 aliphatic heterocycles. The number of nitrogens with zero attached hydrogens (tertiary/aromatic N) is 2. The molecule has 1 heterocycles. The van der Waals surface area contributed by atoms with Gasteiger partial charge < -0.3 is 25.2 Å². The van der Waals surface area contributed by atoms with Gasteiger partial charge in [0.05, 0.1) is 13.2 Å². The number of aliphatic hydroxyl groups is 1. The molecule has 2 amide bonds. The van der Waals surface area contributed by atoms with Gasteiger partial charge in [-0.25, -0.2) is 9.97 Å². The average molecular weight is 653 g/mol. The van der Waals surface area contributed by atoms with Gasteiger partial charge in [0.1, 0.15) is 18.6 Å². The molecule has 0 bridgehead atoms. The van der Waals surface area contributed by atoms with Crippen LogP contribution < -0.4 is 15.4 Å². The minimum atomic E-state index is -0.826. The normalized spacial score (nSPS) is 11.9. The van der Waals surface area contributed by atoms with Crippen LogP contribution >= 0.6 is 0 Å². The van der Waals surface area contributed by atoms with Gasteiger partial charge in [-0.15, -0.1) is 0 Å². The molecule has 254 valence electrons. The molecule has 9 nitrogen and oxygen atoms in total. The Morgan fingerprint density at radius 1 is 0.812 bits per heavy atom. The molecule has 1 aromatic heterocycles. The molecule has 0 spiro atoms. The zero-order chi connectivity index (χ0) is 34.4. The molecule has 4 aromatic rings. The Bertz CT molecular complexity index is 1570. The lowest BCUT2D eigenvalue weighted by Gasteiger charge is -2.21. The maximum Gasteiger partial charge on any atom is 0.251 e. The van der Waals surface area contributed by atoms with Gasteiger partial charge in [0.15, 0.2) is 5.82 Å². The van der Waals surface area contributed by atoms with Crippen molar-refractivity contribution in [2.45, 2.75) is 71.3 Å². The summed E-state index contributed by atoms with van der Waals surface area (Å²) in [7, 11) is 0. The Hall–Kier alpha value is -4.60. The quantitative estimate of drug-likeness (QED) is 0.0880. The van der Waals surface area contributed by atoms with Crippen LogP contribution in [0.2, 0.25) is 0 Å². The number of rotatable bonds is 17. The maximum absolute atomic E-state index is 13.2. The number of hydrogen-bond donors (Lipinski definition) is 3. The molecule has 0 unspecified atom stereocenters. The third-order valence-electron chi connectivity index (χ3n) is 8.03. The number of nitrogens with one attached hydrogen (secondary N) is 2. The van der Waals surface area contributed by atoms with Gasteiger partial charge in [0.25, 0.3) is 5.91 Å². The van der Waals surface area contributed by atoms with Crippen molar-refractivity contribution in [3.63, 3.8) is 0 Å². The highest BCUT2D eigenvalue weighted by Crippen LogP contribution is 2.24. The predicted molar refractivity (Wildman–Crippen MR) is 189 cm³/mol. The van der Waals surface area contributed by atoms with E-state index in [0.29, 0.717) is 11.4 Å². The van der Waals surface area contributed by atoms with Crippen LogP contribution in [0, 0.1) is 0 Å². The molecule has 3 N–H and O–H groups in total. The van der Waals surface area contributed by atoms with E-state index in [1.165, 1.54) is 19.3 Å². The van der Waals surface area contributed by atoms with Crippen molar-refractivity contribution in [1.29, 1.82) is 0 Å². The first kappa shape index (κ1) is 36.2. The summed E-state index contributed by atoms with van der Waals surface area (Å²) in [6, 6.07) is 22.2. The number of aliphatic hydroxyl groups excluding tert-OH is 1. The fraction of sp³-hybridized carbons (Fsp3) is 0.385. The second-order valence-electron chi connectivity index (χ2n) is 12.8. The molecular weight excluding hydrogens is 604 g/mol. The van der Waals surface area contributed by atoms with Crippen LogP contribution in [0.15, 0.2) is 85.2 Å². The summed E-state index contributed by atoms with van der Waals surface area (Å²) in [5.41, 5.74) is 5.16. The minimum Gasteiger partial charge on any atom is -0.494 e. The molecule has 1 atom stereocenters. The molecule has 0 radical (unpaired) electrons. The number of carbonyl (C=O) groups is 2. The van der Waals surface area contributed by atoms with Gasteiger partial charge in [-0.1, -0.05) is 95.5 Å². The predicted octanol–water partition coefficient (Wildman–Crippen LogP) is 6.49. The van der Waals surface area contributed by atoms with E-state index in [0.717, 1.165) is 46.6 Å². The van der Waals surface area contributed by atoms with Crippen LogP contribution in [0.4, 0.5) is 0 Å². The van der Waals surface area contributed by atoms with Gasteiger partial charge in [-0.2, -0.15) is 0 Å². The highest BCUT2D eigenvalue weighted by Gasteiger charge is 2.23. The van der Waals surface area contributed by atoms with Gasteiger partial charge in [-0.3, -0.25) is 9.59 Å². The number of ether oxygens (including phenoxy) is 2. The van der Waals surface area contributed by atoms with E-state index >= 15 is 0 Å². The second-order valence-corrected chi connectivity index (χ2v) is 12.8. The highest BCUT2D eigenvalue weighted by molar-refractivity contribution is 5.97. The molecule has 0 saturated heterocycles. The zero-order valence-corrected chi connectivity index (χ0v) is 28.5. The average Bonchev–Trinajstić information content (AvgIpc) is 3.10. The number of benzene rings is 3. The lowest BCUT2D eigenvalue weighted by molar-refractivity contribution is -0.123. The number of unbranched alkanes of at least 4 members (excludes halogenated alkanes) is 3. The van der Waals surface area contributed by atoms with Crippen molar-refractivity contribution < 1.29 is 24.2 Å². The van der Waals surface area contributed by atoms with E-state index in [4.69, 9.17) is 14.6 Å². The van der Waals surface area contributed by atoms with Crippen molar-refractivity contribution in [1.82, 2.24) is 20.6 Å². The fourth-order valence-electron chi connectivity index (χ4n) is 5.12. The lowest BCUT2D eigenvalue weighted by atomic mass is 9.86. The monoisotopic (exact) mass is 652 g/mol. The van der Waals surface area contributed by atoms with E-state index in [1.807, 2.05) is 60.7 Å². The number of amides is 2. The Morgan fingerprint density at radius 3 is 2.10 bits per heavy atom. The smallest absolute Gasteiger partial charge is 0.251 e. The van der Waals surface area contributed by atoms with Crippen LogP contribution in [0.3, 0.4) is 0 Å². The van der Waals surface area contributed by atoms with Gasteiger partial charge in [0, 0.05) is 42.0 Å².